The lowest BCUT2D eigenvalue weighted by atomic mass is 10.2. The second-order valence-corrected chi connectivity index (χ2v) is 8.25. The molecule has 0 aliphatic carbocycles. The van der Waals surface area contributed by atoms with Gasteiger partial charge in [0.2, 0.25) is 5.91 Å². The van der Waals surface area contributed by atoms with Gasteiger partial charge in [-0.25, -0.2) is 9.18 Å². The first-order valence-electron chi connectivity index (χ1n) is 11.4. The van der Waals surface area contributed by atoms with Gasteiger partial charge in [0.1, 0.15) is 5.82 Å². The van der Waals surface area contributed by atoms with Crippen LogP contribution in [0.3, 0.4) is 0 Å². The third kappa shape index (κ3) is 7.24. The summed E-state index contributed by atoms with van der Waals surface area (Å²) >= 11 is 0. The summed E-state index contributed by atoms with van der Waals surface area (Å²) in [7, 11) is 0. The number of nitrogens with one attached hydrogen (secondary N) is 1. The van der Waals surface area contributed by atoms with Crippen LogP contribution in [0.2, 0.25) is 0 Å². The van der Waals surface area contributed by atoms with E-state index in [1.807, 2.05) is 11.8 Å². The molecule has 1 aliphatic heterocycles. The molecule has 9 nitrogen and oxygen atoms in total. The molecule has 0 spiro atoms. The molecule has 1 fully saturated rings. The van der Waals surface area contributed by atoms with Crippen molar-refractivity contribution in [2.75, 3.05) is 44.6 Å². The zero-order valence-electron chi connectivity index (χ0n) is 19.3. The van der Waals surface area contributed by atoms with E-state index in [9.17, 15) is 24.1 Å². The molecule has 34 heavy (non-hydrogen) atoms. The van der Waals surface area contributed by atoms with Crippen LogP contribution in [0.15, 0.2) is 48.5 Å². The van der Waals surface area contributed by atoms with Gasteiger partial charge in [0, 0.05) is 70.1 Å². The molecule has 1 N–H and O–H groups in total. The smallest absolute Gasteiger partial charge is 0.321 e. The lowest BCUT2D eigenvalue weighted by molar-refractivity contribution is -0.384. The van der Waals surface area contributed by atoms with Gasteiger partial charge in [-0.2, -0.15) is 0 Å². The first-order chi connectivity index (χ1) is 16.4. The number of hydrogen-bond acceptors (Lipinski definition) is 5. The van der Waals surface area contributed by atoms with E-state index in [0.29, 0.717) is 57.9 Å². The van der Waals surface area contributed by atoms with E-state index in [-0.39, 0.29) is 23.4 Å². The maximum absolute atomic E-state index is 13.2. The minimum Gasteiger partial charge on any atom is -0.337 e. The number of carbonyl (C=O) groups excluding carboxylic acids is 2. The Morgan fingerprint density at radius 3 is 2.29 bits per heavy atom. The average Bonchev–Trinajstić information content (AvgIpc) is 2.83. The number of anilines is 1. The van der Waals surface area contributed by atoms with Crippen molar-refractivity contribution in [3.8, 4) is 0 Å². The molecular weight excluding hydrogens is 441 g/mol. The number of rotatable bonds is 9. The van der Waals surface area contributed by atoms with E-state index in [1.165, 1.54) is 36.4 Å². The number of benzene rings is 2. The fourth-order valence-corrected chi connectivity index (χ4v) is 3.78. The molecule has 0 radical (unpaired) electrons. The molecule has 0 aromatic heterocycles. The molecule has 3 amide bonds. The molecule has 182 valence electrons. The second kappa shape index (κ2) is 12.1. The number of non-ortho nitro benzene ring substituents is 1. The van der Waals surface area contributed by atoms with Crippen molar-refractivity contribution in [1.82, 2.24) is 14.7 Å². The van der Waals surface area contributed by atoms with Gasteiger partial charge in [-0.15, -0.1) is 0 Å². The van der Waals surface area contributed by atoms with Crippen LogP contribution in [-0.2, 0) is 11.3 Å². The summed E-state index contributed by atoms with van der Waals surface area (Å²) in [5.74, 6) is -0.224. The SMILES string of the molecule is CCCC(=O)N(CCN1CCN(C(=O)Nc2ccc([N+](=O)[O-])cc2)CC1)Cc1ccc(F)cc1. The van der Waals surface area contributed by atoms with E-state index in [4.69, 9.17) is 0 Å². The molecule has 0 saturated carbocycles. The van der Waals surface area contributed by atoms with Crippen LogP contribution in [0.1, 0.15) is 25.3 Å². The molecule has 10 heteroatoms. The van der Waals surface area contributed by atoms with E-state index in [0.717, 1.165) is 12.0 Å². The van der Waals surface area contributed by atoms with Crippen molar-refractivity contribution in [2.24, 2.45) is 0 Å². The van der Waals surface area contributed by atoms with Gasteiger partial charge in [0.05, 0.1) is 4.92 Å². The first kappa shape index (κ1) is 25.1. The summed E-state index contributed by atoms with van der Waals surface area (Å²) in [6.45, 7) is 6.10. The van der Waals surface area contributed by atoms with E-state index < -0.39 is 4.92 Å². The van der Waals surface area contributed by atoms with E-state index in [2.05, 4.69) is 10.2 Å². The third-order valence-corrected chi connectivity index (χ3v) is 5.78. The Morgan fingerprint density at radius 1 is 1.06 bits per heavy atom. The molecule has 1 aliphatic rings. The summed E-state index contributed by atoms with van der Waals surface area (Å²) in [6.07, 6.45) is 1.24. The largest absolute Gasteiger partial charge is 0.337 e. The number of urea groups is 1. The Labute approximate surface area is 198 Å². The standard InChI is InChI=1S/C24H30FN5O4/c1-2-3-23(31)29(18-19-4-6-20(25)7-5-19)17-14-27-12-15-28(16-13-27)24(32)26-21-8-10-22(11-9-21)30(33)34/h4-11H,2-3,12-18H2,1H3,(H,26,32). The second-order valence-electron chi connectivity index (χ2n) is 8.25. The quantitative estimate of drug-likeness (QED) is 0.444. The highest BCUT2D eigenvalue weighted by molar-refractivity contribution is 5.89. The predicted molar refractivity (Wildman–Crippen MR) is 127 cm³/mol. The summed E-state index contributed by atoms with van der Waals surface area (Å²) in [5, 5.41) is 13.5. The number of piperazine rings is 1. The molecule has 1 heterocycles. The Bertz CT molecular complexity index is 976. The summed E-state index contributed by atoms with van der Waals surface area (Å²) in [5.41, 5.74) is 1.36. The predicted octanol–water partition coefficient (Wildman–Crippen LogP) is 3.71. The van der Waals surface area contributed by atoms with Crippen molar-refractivity contribution >= 4 is 23.3 Å². The van der Waals surface area contributed by atoms with Crippen LogP contribution in [0.25, 0.3) is 0 Å². The monoisotopic (exact) mass is 471 g/mol. The highest BCUT2D eigenvalue weighted by atomic mass is 19.1. The topological polar surface area (TPSA) is 99.0 Å². The van der Waals surface area contributed by atoms with Crippen LogP contribution in [-0.4, -0.2) is 70.8 Å². The van der Waals surface area contributed by atoms with Gasteiger partial charge >= 0.3 is 6.03 Å². The Morgan fingerprint density at radius 2 is 1.71 bits per heavy atom. The van der Waals surface area contributed by atoms with Crippen molar-refractivity contribution in [3.63, 3.8) is 0 Å². The van der Waals surface area contributed by atoms with Crippen molar-refractivity contribution < 1.29 is 18.9 Å². The fourth-order valence-electron chi connectivity index (χ4n) is 3.78. The maximum atomic E-state index is 13.2. The van der Waals surface area contributed by atoms with Crippen molar-refractivity contribution in [3.05, 3.63) is 70.0 Å². The molecule has 1 saturated heterocycles. The summed E-state index contributed by atoms with van der Waals surface area (Å²) < 4.78 is 13.2. The number of nitrogens with zero attached hydrogens (tertiary/aromatic N) is 4. The van der Waals surface area contributed by atoms with E-state index >= 15 is 0 Å². The Kier molecular flexibility index (Phi) is 8.92. The van der Waals surface area contributed by atoms with E-state index in [1.54, 1.807) is 17.0 Å². The van der Waals surface area contributed by atoms with Gasteiger partial charge < -0.3 is 15.1 Å². The van der Waals surface area contributed by atoms with Crippen molar-refractivity contribution in [1.29, 1.82) is 0 Å². The van der Waals surface area contributed by atoms with Crippen LogP contribution >= 0.6 is 0 Å². The normalized spacial score (nSPS) is 14.0. The van der Waals surface area contributed by atoms with Gasteiger partial charge in [-0.05, 0) is 36.2 Å². The number of halogens is 1. The molecule has 3 rings (SSSR count). The summed E-state index contributed by atoms with van der Waals surface area (Å²) in [6, 6.07) is 11.7. The number of hydrogen-bond donors (Lipinski definition) is 1. The van der Waals surface area contributed by atoms with Crippen LogP contribution in [0.5, 0.6) is 0 Å². The molecule has 2 aromatic rings. The molecule has 0 unspecified atom stereocenters. The lowest BCUT2D eigenvalue weighted by Gasteiger charge is -2.35. The fraction of sp³-hybridized carbons (Fsp3) is 0.417. The number of amides is 3. The van der Waals surface area contributed by atoms with Crippen molar-refractivity contribution in [2.45, 2.75) is 26.3 Å². The van der Waals surface area contributed by atoms with Gasteiger partial charge in [0.25, 0.3) is 5.69 Å². The minimum atomic E-state index is -0.485. The average molecular weight is 472 g/mol. The Balaban J connectivity index is 1.47. The molecule has 2 aromatic carbocycles. The minimum absolute atomic E-state index is 0.0301. The maximum Gasteiger partial charge on any atom is 0.321 e. The molecular formula is C24H30FN5O4. The Hall–Kier alpha value is -3.53. The number of nitro groups is 1. The molecule has 0 bridgehead atoms. The number of nitro benzene ring substituents is 1. The highest BCUT2D eigenvalue weighted by Crippen LogP contribution is 2.16. The highest BCUT2D eigenvalue weighted by Gasteiger charge is 2.22. The lowest BCUT2D eigenvalue weighted by Crippen LogP contribution is -2.51. The van der Waals surface area contributed by atoms with Gasteiger partial charge in [0.15, 0.2) is 0 Å². The van der Waals surface area contributed by atoms with Gasteiger partial charge in [-0.1, -0.05) is 19.1 Å². The van der Waals surface area contributed by atoms with Gasteiger partial charge in [-0.3, -0.25) is 19.8 Å². The molecule has 0 atom stereocenters. The number of carbonyl (C=O) groups is 2. The van der Waals surface area contributed by atoms with Crippen LogP contribution in [0, 0.1) is 15.9 Å². The zero-order chi connectivity index (χ0) is 24.5. The van der Waals surface area contributed by atoms with Crippen LogP contribution < -0.4 is 5.32 Å². The zero-order valence-corrected chi connectivity index (χ0v) is 19.3. The summed E-state index contributed by atoms with van der Waals surface area (Å²) in [4.78, 5) is 41.1. The first-order valence-corrected chi connectivity index (χ1v) is 11.4. The van der Waals surface area contributed by atoms with Crippen LogP contribution in [0.4, 0.5) is 20.6 Å². The third-order valence-electron chi connectivity index (χ3n) is 5.78.